The summed E-state index contributed by atoms with van der Waals surface area (Å²) >= 11 is 7.51. The normalized spacial score (nSPS) is 15.2. The van der Waals surface area contributed by atoms with Gasteiger partial charge >= 0.3 is 0 Å². The van der Waals surface area contributed by atoms with E-state index >= 15 is 0 Å². The number of rotatable bonds is 7. The molecule has 0 spiro atoms. The first-order valence-corrected chi connectivity index (χ1v) is 12.5. The van der Waals surface area contributed by atoms with Crippen molar-refractivity contribution < 1.29 is 17.5 Å². The van der Waals surface area contributed by atoms with Gasteiger partial charge in [0.25, 0.3) is 10.0 Å². The fourth-order valence-corrected chi connectivity index (χ4v) is 5.98. The first-order chi connectivity index (χ1) is 14.9. The van der Waals surface area contributed by atoms with Gasteiger partial charge in [-0.2, -0.15) is 0 Å². The van der Waals surface area contributed by atoms with E-state index in [1.165, 1.54) is 33.8 Å². The minimum Gasteiger partial charge on any atom is -0.379 e. The molecule has 9 heteroatoms. The van der Waals surface area contributed by atoms with Crippen LogP contribution in [0.25, 0.3) is 0 Å². The number of benzene rings is 2. The fourth-order valence-electron chi connectivity index (χ4n) is 3.43. The molecule has 1 aliphatic heterocycles. The van der Waals surface area contributed by atoms with Crippen molar-refractivity contribution in [1.29, 1.82) is 0 Å². The third-order valence-corrected chi connectivity index (χ3v) is 8.01. The number of sulfonamides is 1. The summed E-state index contributed by atoms with van der Waals surface area (Å²) in [5.41, 5.74) is 1.61. The van der Waals surface area contributed by atoms with Gasteiger partial charge in [-0.3, -0.25) is 9.21 Å². The van der Waals surface area contributed by atoms with Crippen LogP contribution in [0.4, 0.5) is 10.1 Å². The number of morpholine rings is 1. The Kier molecular flexibility index (Phi) is 6.93. The SMILES string of the molecule is O=S(=O)(c1cccc(F)c1)N(Cc1cc(CN2CCOCC2)cs1)c1ccc(Cl)cc1. The molecule has 0 saturated carbocycles. The monoisotopic (exact) mass is 480 g/mol. The lowest BCUT2D eigenvalue weighted by atomic mass is 10.2. The molecule has 3 aromatic rings. The van der Waals surface area contributed by atoms with Crippen molar-refractivity contribution in [2.75, 3.05) is 30.6 Å². The first kappa shape index (κ1) is 22.2. The predicted molar refractivity (Wildman–Crippen MR) is 122 cm³/mol. The molecule has 0 N–H and O–H groups in total. The molecule has 1 aliphatic rings. The molecule has 164 valence electrons. The van der Waals surface area contributed by atoms with Crippen LogP contribution in [0, 0.1) is 5.82 Å². The quantitative estimate of drug-likeness (QED) is 0.489. The molecule has 2 heterocycles. The summed E-state index contributed by atoms with van der Waals surface area (Å²) < 4.78 is 47.3. The summed E-state index contributed by atoms with van der Waals surface area (Å²) in [6.45, 7) is 4.18. The second-order valence-corrected chi connectivity index (χ2v) is 10.5. The molecule has 1 aromatic heterocycles. The Hall–Kier alpha value is -1.97. The molecule has 31 heavy (non-hydrogen) atoms. The van der Waals surface area contributed by atoms with Crippen LogP contribution >= 0.6 is 22.9 Å². The molecule has 5 nitrogen and oxygen atoms in total. The van der Waals surface area contributed by atoms with Gasteiger partial charge in [-0.05, 0) is 59.5 Å². The Labute approximate surface area is 190 Å². The van der Waals surface area contributed by atoms with E-state index in [9.17, 15) is 12.8 Å². The lowest BCUT2D eigenvalue weighted by molar-refractivity contribution is 0.0342. The van der Waals surface area contributed by atoms with Crippen LogP contribution in [-0.4, -0.2) is 39.6 Å². The van der Waals surface area contributed by atoms with Gasteiger partial charge in [0, 0.05) is 29.5 Å². The van der Waals surface area contributed by atoms with Gasteiger partial charge in [0.05, 0.1) is 30.3 Å². The van der Waals surface area contributed by atoms with Gasteiger partial charge in [0.15, 0.2) is 0 Å². The van der Waals surface area contributed by atoms with Crippen LogP contribution in [0.5, 0.6) is 0 Å². The van der Waals surface area contributed by atoms with E-state index in [0.717, 1.165) is 49.4 Å². The van der Waals surface area contributed by atoms with Crippen LogP contribution < -0.4 is 4.31 Å². The molecule has 1 fully saturated rings. The number of ether oxygens (including phenoxy) is 1. The molecule has 2 aromatic carbocycles. The Balaban J connectivity index is 1.62. The molecule has 1 saturated heterocycles. The highest BCUT2D eigenvalue weighted by atomic mass is 35.5. The van der Waals surface area contributed by atoms with Crippen molar-refractivity contribution in [2.24, 2.45) is 0 Å². The summed E-state index contributed by atoms with van der Waals surface area (Å²) in [4.78, 5) is 3.13. The van der Waals surface area contributed by atoms with Crippen LogP contribution in [0.3, 0.4) is 0 Å². The Morgan fingerprint density at radius 3 is 2.55 bits per heavy atom. The van der Waals surface area contributed by atoms with Crippen molar-refractivity contribution >= 4 is 38.6 Å². The maximum absolute atomic E-state index is 13.8. The third-order valence-electron chi connectivity index (χ3n) is 5.02. The molecule has 0 amide bonds. The van der Waals surface area contributed by atoms with Crippen LogP contribution in [0.2, 0.25) is 5.02 Å². The van der Waals surface area contributed by atoms with E-state index < -0.39 is 15.8 Å². The predicted octanol–water partition coefficient (Wildman–Crippen LogP) is 4.77. The largest absolute Gasteiger partial charge is 0.379 e. The summed E-state index contributed by atoms with van der Waals surface area (Å²) in [7, 11) is -3.98. The number of hydrogen-bond acceptors (Lipinski definition) is 5. The molecular formula is C22H22ClFN2O3S2. The zero-order valence-electron chi connectivity index (χ0n) is 16.7. The van der Waals surface area contributed by atoms with Gasteiger partial charge in [0.1, 0.15) is 5.82 Å². The number of nitrogens with zero attached hydrogens (tertiary/aromatic N) is 2. The van der Waals surface area contributed by atoms with E-state index in [4.69, 9.17) is 16.3 Å². The van der Waals surface area contributed by atoms with Gasteiger partial charge in [-0.15, -0.1) is 11.3 Å². The molecule has 0 atom stereocenters. The second kappa shape index (κ2) is 9.67. The highest BCUT2D eigenvalue weighted by Crippen LogP contribution is 2.29. The third kappa shape index (κ3) is 5.45. The van der Waals surface area contributed by atoms with Crippen LogP contribution in [-0.2, 0) is 27.8 Å². The zero-order valence-corrected chi connectivity index (χ0v) is 19.1. The van der Waals surface area contributed by atoms with Crippen LogP contribution in [0.15, 0.2) is 64.9 Å². The molecule has 0 aliphatic carbocycles. The number of hydrogen-bond donors (Lipinski definition) is 0. The first-order valence-electron chi connectivity index (χ1n) is 9.82. The van der Waals surface area contributed by atoms with Gasteiger partial charge in [-0.1, -0.05) is 17.7 Å². The Morgan fingerprint density at radius 2 is 1.84 bits per heavy atom. The fraction of sp³-hybridized carbons (Fsp3) is 0.273. The lowest BCUT2D eigenvalue weighted by Crippen LogP contribution is -2.35. The van der Waals surface area contributed by atoms with E-state index in [-0.39, 0.29) is 11.4 Å². The summed E-state index contributed by atoms with van der Waals surface area (Å²) in [5.74, 6) is -0.596. The van der Waals surface area contributed by atoms with E-state index in [1.807, 2.05) is 6.07 Å². The Morgan fingerprint density at radius 1 is 1.10 bits per heavy atom. The summed E-state index contributed by atoms with van der Waals surface area (Å²) in [5, 5.41) is 2.57. The maximum Gasteiger partial charge on any atom is 0.264 e. The summed E-state index contributed by atoms with van der Waals surface area (Å²) in [6, 6.07) is 13.7. The van der Waals surface area contributed by atoms with Crippen molar-refractivity contribution in [3.05, 3.63) is 81.3 Å². The molecule has 0 unspecified atom stereocenters. The minimum absolute atomic E-state index is 0.0902. The molecule has 0 radical (unpaired) electrons. The maximum atomic E-state index is 13.8. The smallest absolute Gasteiger partial charge is 0.264 e. The van der Waals surface area contributed by atoms with Gasteiger partial charge < -0.3 is 4.74 Å². The van der Waals surface area contributed by atoms with Crippen LogP contribution in [0.1, 0.15) is 10.4 Å². The van der Waals surface area contributed by atoms with E-state index in [1.54, 1.807) is 24.3 Å². The van der Waals surface area contributed by atoms with Gasteiger partial charge in [-0.25, -0.2) is 12.8 Å². The van der Waals surface area contributed by atoms with Crippen molar-refractivity contribution in [3.8, 4) is 0 Å². The van der Waals surface area contributed by atoms with E-state index in [2.05, 4.69) is 10.3 Å². The van der Waals surface area contributed by atoms with Crippen molar-refractivity contribution in [3.63, 3.8) is 0 Å². The standard InChI is InChI=1S/C22H22ClFN2O3S2/c23-18-4-6-20(7-5-18)26(31(27,28)22-3-1-2-19(24)13-22)15-21-12-17(16-30-21)14-25-8-10-29-11-9-25/h1-7,12-13,16H,8-11,14-15H2. The summed E-state index contributed by atoms with van der Waals surface area (Å²) in [6.07, 6.45) is 0. The number of thiophene rings is 1. The van der Waals surface area contributed by atoms with E-state index in [0.29, 0.717) is 10.7 Å². The topological polar surface area (TPSA) is 49.9 Å². The number of anilines is 1. The average Bonchev–Trinajstić information content (AvgIpc) is 3.20. The average molecular weight is 481 g/mol. The van der Waals surface area contributed by atoms with Gasteiger partial charge in [0.2, 0.25) is 0 Å². The second-order valence-electron chi connectivity index (χ2n) is 7.26. The minimum atomic E-state index is -3.98. The lowest BCUT2D eigenvalue weighted by Gasteiger charge is -2.26. The van der Waals surface area contributed by atoms with Crippen molar-refractivity contribution in [1.82, 2.24) is 4.90 Å². The highest BCUT2D eigenvalue weighted by molar-refractivity contribution is 7.92. The molecular weight excluding hydrogens is 459 g/mol. The Bertz CT molecular complexity index is 1130. The highest BCUT2D eigenvalue weighted by Gasteiger charge is 2.26. The molecule has 4 rings (SSSR count). The zero-order chi connectivity index (χ0) is 21.8. The molecule has 0 bridgehead atoms. The number of halogens is 2. The van der Waals surface area contributed by atoms with Crippen molar-refractivity contribution in [2.45, 2.75) is 18.0 Å².